The van der Waals surface area contributed by atoms with Gasteiger partial charge in [0.1, 0.15) is 5.82 Å². The van der Waals surface area contributed by atoms with Crippen LogP contribution in [0.3, 0.4) is 0 Å². The van der Waals surface area contributed by atoms with Crippen LogP contribution in [-0.2, 0) is 16.2 Å². The smallest absolute Gasteiger partial charge is 0.357 e. The highest BCUT2D eigenvalue weighted by Gasteiger charge is 2.30. The van der Waals surface area contributed by atoms with Crippen molar-refractivity contribution in [2.24, 2.45) is 5.92 Å². The van der Waals surface area contributed by atoms with Crippen LogP contribution in [0.25, 0.3) is 0 Å². The first-order chi connectivity index (χ1) is 12.8. The van der Waals surface area contributed by atoms with Crippen LogP contribution in [0.5, 0.6) is 0 Å². The number of anilines is 1. The molecule has 1 saturated heterocycles. The van der Waals surface area contributed by atoms with Gasteiger partial charge in [-0.2, -0.15) is 13.2 Å². The molecule has 0 amide bonds. The van der Waals surface area contributed by atoms with Crippen molar-refractivity contribution in [3.63, 3.8) is 0 Å². The zero-order valence-electron chi connectivity index (χ0n) is 14.5. The number of pyridine rings is 1. The van der Waals surface area contributed by atoms with Gasteiger partial charge < -0.3 is 4.90 Å². The maximum Gasteiger partial charge on any atom is 0.416 e. The lowest BCUT2D eigenvalue weighted by molar-refractivity contribution is -0.137. The van der Waals surface area contributed by atoms with E-state index in [2.05, 4.69) is 14.6 Å². The van der Waals surface area contributed by atoms with Crippen molar-refractivity contribution in [3.05, 3.63) is 54.2 Å². The van der Waals surface area contributed by atoms with E-state index in [-0.39, 0.29) is 17.4 Å². The average molecular weight is 399 g/mol. The minimum Gasteiger partial charge on any atom is -0.357 e. The molecule has 0 atom stereocenters. The molecule has 0 saturated carbocycles. The molecule has 1 aromatic heterocycles. The van der Waals surface area contributed by atoms with Crippen LogP contribution >= 0.6 is 0 Å². The molecule has 3 rings (SSSR count). The predicted molar refractivity (Wildman–Crippen MR) is 95.8 cm³/mol. The molecule has 146 valence electrons. The fourth-order valence-corrected chi connectivity index (χ4v) is 4.16. The summed E-state index contributed by atoms with van der Waals surface area (Å²) < 4.78 is 64.9. The summed E-state index contributed by atoms with van der Waals surface area (Å²) >= 11 is 0. The third-order valence-electron chi connectivity index (χ3n) is 4.64. The van der Waals surface area contributed by atoms with Crippen LogP contribution < -0.4 is 9.62 Å². The second-order valence-electron chi connectivity index (χ2n) is 6.49. The van der Waals surface area contributed by atoms with Gasteiger partial charge in [-0.3, -0.25) is 0 Å². The Morgan fingerprint density at radius 2 is 1.74 bits per heavy atom. The zero-order chi connectivity index (χ0) is 19.5. The summed E-state index contributed by atoms with van der Waals surface area (Å²) in [6.07, 6.45) is -1.13. The van der Waals surface area contributed by atoms with E-state index in [1.54, 1.807) is 6.20 Å². The number of hydrogen-bond acceptors (Lipinski definition) is 4. The van der Waals surface area contributed by atoms with Crippen molar-refractivity contribution >= 4 is 15.8 Å². The molecule has 9 heteroatoms. The molecular formula is C18H20F3N3O2S. The van der Waals surface area contributed by atoms with Crippen molar-refractivity contribution in [1.29, 1.82) is 0 Å². The quantitative estimate of drug-likeness (QED) is 0.838. The Morgan fingerprint density at radius 1 is 1.07 bits per heavy atom. The number of benzene rings is 1. The molecule has 0 radical (unpaired) electrons. The predicted octanol–water partition coefficient (Wildman–Crippen LogP) is 3.30. The number of piperidine rings is 1. The summed E-state index contributed by atoms with van der Waals surface area (Å²) in [4.78, 5) is 6.30. The monoisotopic (exact) mass is 399 g/mol. The molecule has 1 aliphatic rings. The van der Waals surface area contributed by atoms with Crippen molar-refractivity contribution in [1.82, 2.24) is 9.71 Å². The maximum atomic E-state index is 12.6. The van der Waals surface area contributed by atoms with Gasteiger partial charge in [0.2, 0.25) is 10.0 Å². The molecule has 1 N–H and O–H groups in total. The molecular weight excluding hydrogens is 379 g/mol. The van der Waals surface area contributed by atoms with Gasteiger partial charge in [-0.15, -0.1) is 0 Å². The lowest BCUT2D eigenvalue weighted by atomic mass is 9.97. The molecule has 0 aliphatic carbocycles. The lowest BCUT2D eigenvalue weighted by Gasteiger charge is -2.32. The second-order valence-corrected chi connectivity index (χ2v) is 8.26. The van der Waals surface area contributed by atoms with Crippen LogP contribution in [0, 0.1) is 5.92 Å². The van der Waals surface area contributed by atoms with E-state index >= 15 is 0 Å². The number of alkyl halides is 3. The van der Waals surface area contributed by atoms with Crippen LogP contribution in [0.15, 0.2) is 53.6 Å². The van der Waals surface area contributed by atoms with Crippen LogP contribution in [0.2, 0.25) is 0 Å². The van der Waals surface area contributed by atoms with E-state index in [0.29, 0.717) is 0 Å². The normalized spacial score (nSPS) is 16.5. The topological polar surface area (TPSA) is 62.3 Å². The Hall–Kier alpha value is -2.13. The number of halogens is 3. The van der Waals surface area contributed by atoms with Crippen molar-refractivity contribution in [2.45, 2.75) is 23.9 Å². The Kier molecular flexibility index (Phi) is 5.71. The highest BCUT2D eigenvalue weighted by molar-refractivity contribution is 7.89. The number of rotatable bonds is 5. The molecule has 0 bridgehead atoms. The van der Waals surface area contributed by atoms with Gasteiger partial charge in [-0.1, -0.05) is 6.07 Å². The van der Waals surface area contributed by atoms with E-state index in [0.717, 1.165) is 56.0 Å². The molecule has 2 heterocycles. The van der Waals surface area contributed by atoms with E-state index in [9.17, 15) is 21.6 Å². The molecule has 0 spiro atoms. The van der Waals surface area contributed by atoms with Gasteiger partial charge in [0.15, 0.2) is 0 Å². The minimum absolute atomic E-state index is 0.165. The SMILES string of the molecule is O=S(=O)(NCC1CCN(c2ccccn2)CC1)c1ccc(C(F)(F)F)cc1. The van der Waals surface area contributed by atoms with Gasteiger partial charge in [0, 0.05) is 25.8 Å². The molecule has 27 heavy (non-hydrogen) atoms. The molecule has 1 aromatic carbocycles. The first-order valence-corrected chi connectivity index (χ1v) is 10.1. The average Bonchev–Trinajstić information content (AvgIpc) is 2.67. The summed E-state index contributed by atoms with van der Waals surface area (Å²) in [5.74, 6) is 1.08. The number of aromatic nitrogens is 1. The Labute approximate surface area is 156 Å². The molecule has 2 aromatic rings. The molecule has 5 nitrogen and oxygen atoms in total. The number of sulfonamides is 1. The summed E-state index contributed by atoms with van der Waals surface area (Å²) in [6.45, 7) is 1.83. The number of nitrogens with one attached hydrogen (secondary N) is 1. The van der Waals surface area contributed by atoms with E-state index in [1.165, 1.54) is 0 Å². The van der Waals surface area contributed by atoms with E-state index in [4.69, 9.17) is 0 Å². The summed E-state index contributed by atoms with van der Waals surface area (Å²) in [7, 11) is -3.83. The minimum atomic E-state index is -4.49. The first kappa shape index (κ1) is 19.6. The fourth-order valence-electron chi connectivity index (χ4n) is 3.04. The maximum absolute atomic E-state index is 12.6. The summed E-state index contributed by atoms with van der Waals surface area (Å²) in [6, 6.07) is 9.23. The van der Waals surface area contributed by atoms with Crippen LogP contribution in [0.4, 0.5) is 19.0 Å². The number of nitrogens with zero attached hydrogens (tertiary/aromatic N) is 2. The third-order valence-corrected chi connectivity index (χ3v) is 6.08. The first-order valence-electron chi connectivity index (χ1n) is 8.58. The largest absolute Gasteiger partial charge is 0.416 e. The van der Waals surface area contributed by atoms with Gasteiger partial charge in [-0.25, -0.2) is 18.1 Å². The Morgan fingerprint density at radius 3 is 2.30 bits per heavy atom. The van der Waals surface area contributed by atoms with Gasteiger partial charge in [-0.05, 0) is 55.2 Å². The van der Waals surface area contributed by atoms with Gasteiger partial charge >= 0.3 is 6.18 Å². The molecule has 1 aliphatic heterocycles. The van der Waals surface area contributed by atoms with Gasteiger partial charge in [0.25, 0.3) is 0 Å². The number of hydrogen-bond donors (Lipinski definition) is 1. The van der Waals surface area contributed by atoms with Crippen LogP contribution in [0.1, 0.15) is 18.4 Å². The third kappa shape index (κ3) is 4.98. The summed E-state index contributed by atoms with van der Waals surface area (Å²) in [5, 5.41) is 0. The Bertz CT molecular complexity index is 848. The van der Waals surface area contributed by atoms with Crippen molar-refractivity contribution in [3.8, 4) is 0 Å². The van der Waals surface area contributed by atoms with E-state index < -0.39 is 21.8 Å². The van der Waals surface area contributed by atoms with Crippen molar-refractivity contribution in [2.75, 3.05) is 24.5 Å². The van der Waals surface area contributed by atoms with Crippen molar-refractivity contribution < 1.29 is 21.6 Å². The van der Waals surface area contributed by atoms with Crippen LogP contribution in [-0.4, -0.2) is 33.0 Å². The fraction of sp³-hybridized carbons (Fsp3) is 0.389. The highest BCUT2D eigenvalue weighted by atomic mass is 32.2. The van der Waals surface area contributed by atoms with E-state index in [1.807, 2.05) is 18.2 Å². The summed E-state index contributed by atoms with van der Waals surface area (Å²) in [5.41, 5.74) is -0.872. The molecule has 1 fully saturated rings. The van der Waals surface area contributed by atoms with Gasteiger partial charge in [0.05, 0.1) is 10.5 Å². The second kappa shape index (κ2) is 7.85. The Balaban J connectivity index is 1.54. The molecule has 0 unspecified atom stereocenters. The lowest BCUT2D eigenvalue weighted by Crippen LogP contribution is -2.39. The highest BCUT2D eigenvalue weighted by Crippen LogP contribution is 2.29. The zero-order valence-corrected chi connectivity index (χ0v) is 15.3. The standard InChI is InChI=1S/C18H20F3N3O2S/c19-18(20,21)15-4-6-16(7-5-15)27(25,26)23-13-14-8-11-24(12-9-14)17-3-1-2-10-22-17/h1-7,10,14,23H,8-9,11-13H2.